The summed E-state index contributed by atoms with van der Waals surface area (Å²) < 4.78 is 37.5. The lowest BCUT2D eigenvalue weighted by Crippen LogP contribution is -2.31. The summed E-state index contributed by atoms with van der Waals surface area (Å²) in [5.74, 6) is 0.396. The zero-order valence-corrected chi connectivity index (χ0v) is 14.5. The number of furan rings is 1. The average molecular weight is 352 g/mol. The molecule has 24 heavy (non-hydrogen) atoms. The first-order valence-corrected chi connectivity index (χ1v) is 8.82. The van der Waals surface area contributed by atoms with Gasteiger partial charge in [0.2, 0.25) is 10.0 Å². The summed E-state index contributed by atoms with van der Waals surface area (Å²) >= 11 is 0. The Morgan fingerprint density at radius 3 is 2.62 bits per heavy atom. The Balaban J connectivity index is 2.27. The van der Waals surface area contributed by atoms with Gasteiger partial charge in [0.15, 0.2) is 0 Å². The minimum absolute atomic E-state index is 0.0227. The van der Waals surface area contributed by atoms with Crippen LogP contribution in [0.25, 0.3) is 0 Å². The first kappa shape index (κ1) is 18.0. The summed E-state index contributed by atoms with van der Waals surface area (Å²) in [7, 11) is -2.37. The van der Waals surface area contributed by atoms with E-state index >= 15 is 0 Å². The number of nitrogens with one attached hydrogen (secondary N) is 2. The SMILES string of the molecule is COc1ccc(S(=O)(=O)NCc2ccco2)cc1C(=O)NC(C)C. The second-order valence-electron chi connectivity index (χ2n) is 5.39. The Labute approximate surface area is 141 Å². The molecule has 0 saturated carbocycles. The van der Waals surface area contributed by atoms with E-state index in [1.165, 1.54) is 31.6 Å². The average Bonchev–Trinajstić information content (AvgIpc) is 3.05. The molecule has 0 radical (unpaired) electrons. The topological polar surface area (TPSA) is 97.6 Å². The van der Waals surface area contributed by atoms with Crippen LogP contribution in [0.1, 0.15) is 30.0 Å². The lowest BCUT2D eigenvalue weighted by Gasteiger charge is -2.13. The van der Waals surface area contributed by atoms with Crippen LogP contribution in [0.2, 0.25) is 0 Å². The molecule has 0 saturated heterocycles. The molecule has 1 aromatic heterocycles. The van der Waals surface area contributed by atoms with E-state index in [0.29, 0.717) is 11.5 Å². The van der Waals surface area contributed by atoms with E-state index in [-0.39, 0.29) is 23.0 Å². The van der Waals surface area contributed by atoms with Gasteiger partial charge in [-0.25, -0.2) is 13.1 Å². The van der Waals surface area contributed by atoms with Crippen LogP contribution in [0.15, 0.2) is 45.9 Å². The number of ether oxygens (including phenoxy) is 1. The molecule has 0 fully saturated rings. The lowest BCUT2D eigenvalue weighted by molar-refractivity contribution is 0.0940. The van der Waals surface area contributed by atoms with Crippen LogP contribution in [0.3, 0.4) is 0 Å². The fraction of sp³-hybridized carbons (Fsp3) is 0.312. The first-order chi connectivity index (χ1) is 11.3. The zero-order chi connectivity index (χ0) is 17.7. The molecule has 0 aliphatic carbocycles. The molecular weight excluding hydrogens is 332 g/mol. The molecule has 0 aliphatic heterocycles. The van der Waals surface area contributed by atoms with E-state index in [1.807, 2.05) is 13.8 Å². The van der Waals surface area contributed by atoms with E-state index in [0.717, 1.165) is 0 Å². The van der Waals surface area contributed by atoms with Gasteiger partial charge >= 0.3 is 0 Å². The molecule has 7 nitrogen and oxygen atoms in total. The van der Waals surface area contributed by atoms with Crippen molar-refractivity contribution >= 4 is 15.9 Å². The van der Waals surface area contributed by atoms with Crippen molar-refractivity contribution < 1.29 is 22.4 Å². The van der Waals surface area contributed by atoms with Crippen LogP contribution < -0.4 is 14.8 Å². The van der Waals surface area contributed by atoms with Crippen molar-refractivity contribution in [2.45, 2.75) is 31.3 Å². The third kappa shape index (κ3) is 4.36. The van der Waals surface area contributed by atoms with Crippen LogP contribution in [-0.2, 0) is 16.6 Å². The molecule has 2 N–H and O–H groups in total. The summed E-state index contributed by atoms with van der Waals surface area (Å²) in [5, 5.41) is 2.72. The van der Waals surface area contributed by atoms with Gasteiger partial charge in [-0.1, -0.05) is 0 Å². The molecule has 130 valence electrons. The molecular formula is C16H20N2O5S. The first-order valence-electron chi connectivity index (χ1n) is 7.34. The summed E-state index contributed by atoms with van der Waals surface area (Å²) in [5.41, 5.74) is 0.159. The molecule has 1 heterocycles. The van der Waals surface area contributed by atoms with E-state index in [1.54, 1.807) is 12.1 Å². The Kier molecular flexibility index (Phi) is 5.63. The highest BCUT2D eigenvalue weighted by molar-refractivity contribution is 7.89. The van der Waals surface area contributed by atoms with Crippen molar-refractivity contribution in [1.29, 1.82) is 0 Å². The molecule has 0 bridgehead atoms. The molecule has 1 amide bonds. The third-order valence-corrected chi connectivity index (χ3v) is 4.56. The van der Waals surface area contributed by atoms with Crippen molar-refractivity contribution in [2.24, 2.45) is 0 Å². The van der Waals surface area contributed by atoms with Gasteiger partial charge in [-0.05, 0) is 44.2 Å². The van der Waals surface area contributed by atoms with Crippen molar-refractivity contribution in [1.82, 2.24) is 10.0 Å². The molecule has 2 rings (SSSR count). The van der Waals surface area contributed by atoms with E-state index in [2.05, 4.69) is 10.0 Å². The van der Waals surface area contributed by atoms with Gasteiger partial charge in [-0.15, -0.1) is 0 Å². The summed E-state index contributed by atoms with van der Waals surface area (Å²) in [6.07, 6.45) is 1.46. The standard InChI is InChI=1S/C16H20N2O5S/c1-11(2)18-16(19)14-9-13(6-7-15(14)22-3)24(20,21)17-10-12-5-4-8-23-12/h4-9,11,17H,10H2,1-3H3,(H,18,19). The number of sulfonamides is 1. The third-order valence-electron chi connectivity index (χ3n) is 3.16. The van der Waals surface area contributed by atoms with Gasteiger partial charge < -0.3 is 14.5 Å². The minimum Gasteiger partial charge on any atom is -0.496 e. The predicted octanol–water partition coefficient (Wildman–Crippen LogP) is 1.90. The van der Waals surface area contributed by atoms with Crippen LogP contribution >= 0.6 is 0 Å². The largest absolute Gasteiger partial charge is 0.496 e. The zero-order valence-electron chi connectivity index (χ0n) is 13.7. The number of benzene rings is 1. The van der Waals surface area contributed by atoms with Gasteiger partial charge in [0.05, 0.1) is 30.4 Å². The number of carbonyl (C=O) groups is 1. The van der Waals surface area contributed by atoms with Crippen LogP contribution in [0.4, 0.5) is 0 Å². The quantitative estimate of drug-likeness (QED) is 0.793. The van der Waals surface area contributed by atoms with E-state index in [9.17, 15) is 13.2 Å². The summed E-state index contributed by atoms with van der Waals surface area (Å²) in [6.45, 7) is 3.65. The van der Waals surface area contributed by atoms with Crippen molar-refractivity contribution in [3.05, 3.63) is 47.9 Å². The number of hydrogen-bond acceptors (Lipinski definition) is 5. The predicted molar refractivity (Wildman–Crippen MR) is 88.3 cm³/mol. The normalized spacial score (nSPS) is 11.5. The van der Waals surface area contributed by atoms with Gasteiger partial charge in [0, 0.05) is 6.04 Å². The smallest absolute Gasteiger partial charge is 0.255 e. The molecule has 1 aromatic carbocycles. The maximum atomic E-state index is 12.4. The van der Waals surface area contributed by atoms with Gasteiger partial charge in [0.25, 0.3) is 5.91 Å². The molecule has 0 unspecified atom stereocenters. The highest BCUT2D eigenvalue weighted by Gasteiger charge is 2.20. The van der Waals surface area contributed by atoms with Gasteiger partial charge in [-0.3, -0.25) is 4.79 Å². The number of methoxy groups -OCH3 is 1. The molecule has 8 heteroatoms. The Morgan fingerprint density at radius 1 is 1.29 bits per heavy atom. The minimum atomic E-state index is -3.79. The van der Waals surface area contributed by atoms with E-state index in [4.69, 9.17) is 9.15 Å². The molecule has 2 aromatic rings. The van der Waals surface area contributed by atoms with Gasteiger partial charge in [0.1, 0.15) is 11.5 Å². The molecule has 0 atom stereocenters. The second kappa shape index (κ2) is 7.50. The highest BCUT2D eigenvalue weighted by atomic mass is 32.2. The number of carbonyl (C=O) groups excluding carboxylic acids is 1. The molecule has 0 aliphatic rings. The maximum absolute atomic E-state index is 12.4. The Morgan fingerprint density at radius 2 is 2.04 bits per heavy atom. The Hall–Kier alpha value is -2.32. The maximum Gasteiger partial charge on any atom is 0.255 e. The van der Waals surface area contributed by atoms with Crippen molar-refractivity contribution in [3.63, 3.8) is 0 Å². The van der Waals surface area contributed by atoms with Crippen molar-refractivity contribution in [3.8, 4) is 5.75 Å². The lowest BCUT2D eigenvalue weighted by atomic mass is 10.2. The summed E-state index contributed by atoms with van der Waals surface area (Å²) in [4.78, 5) is 12.2. The molecule has 0 spiro atoms. The Bertz CT molecular complexity index is 798. The monoisotopic (exact) mass is 352 g/mol. The van der Waals surface area contributed by atoms with Gasteiger partial charge in [-0.2, -0.15) is 0 Å². The summed E-state index contributed by atoms with van der Waals surface area (Å²) in [6, 6.07) is 7.39. The number of hydrogen-bond donors (Lipinski definition) is 2. The van der Waals surface area contributed by atoms with E-state index < -0.39 is 15.9 Å². The second-order valence-corrected chi connectivity index (χ2v) is 7.16. The fourth-order valence-electron chi connectivity index (χ4n) is 2.03. The van der Waals surface area contributed by atoms with Crippen LogP contribution in [-0.4, -0.2) is 27.5 Å². The van der Waals surface area contributed by atoms with Crippen LogP contribution in [0, 0.1) is 0 Å². The fourth-order valence-corrected chi connectivity index (χ4v) is 3.05. The van der Waals surface area contributed by atoms with Crippen LogP contribution in [0.5, 0.6) is 5.75 Å². The number of rotatable bonds is 7. The number of amides is 1. The highest BCUT2D eigenvalue weighted by Crippen LogP contribution is 2.22. The van der Waals surface area contributed by atoms with Crippen molar-refractivity contribution in [2.75, 3.05) is 7.11 Å².